The monoisotopic (exact) mass is 404 g/mol. The molecule has 0 radical (unpaired) electrons. The van der Waals surface area contributed by atoms with E-state index in [0.29, 0.717) is 9.22 Å². The molecule has 2 heterocycles. The number of rotatable bonds is 1. The summed E-state index contributed by atoms with van der Waals surface area (Å²) in [5.41, 5.74) is 0. The average Bonchev–Trinajstić information content (AvgIpc) is 2.40. The Balaban J connectivity index is 2.20. The first-order valence-corrected chi connectivity index (χ1v) is 8.85. The standard InChI is InChI=1S/C12H12Cl4N2OS2/c1-5-3-18(4-6(2)19-5)12(20)21-9-7(13)10(15)17-11(16)8(9)14/h5-6H,3-4H2,1-2H3. The number of hydrogen-bond acceptors (Lipinski definition) is 4. The van der Waals surface area contributed by atoms with Crippen molar-refractivity contribution in [2.75, 3.05) is 13.1 Å². The molecule has 0 aliphatic carbocycles. The molecule has 0 spiro atoms. The van der Waals surface area contributed by atoms with E-state index in [9.17, 15) is 0 Å². The maximum atomic E-state index is 6.15. The summed E-state index contributed by atoms with van der Waals surface area (Å²) >= 11 is 30.9. The van der Waals surface area contributed by atoms with Gasteiger partial charge in [-0.2, -0.15) is 0 Å². The minimum absolute atomic E-state index is 0.111. The van der Waals surface area contributed by atoms with Crippen LogP contribution < -0.4 is 0 Å². The summed E-state index contributed by atoms with van der Waals surface area (Å²) in [4.78, 5) is 6.45. The van der Waals surface area contributed by atoms with Crippen LogP contribution in [-0.2, 0) is 4.74 Å². The van der Waals surface area contributed by atoms with Crippen LogP contribution in [0.2, 0.25) is 20.4 Å². The van der Waals surface area contributed by atoms with Crippen LogP contribution in [0.1, 0.15) is 13.8 Å². The molecule has 2 unspecified atom stereocenters. The fraction of sp³-hybridized carbons (Fsp3) is 0.500. The number of morpholine rings is 1. The van der Waals surface area contributed by atoms with Gasteiger partial charge in [-0.3, -0.25) is 0 Å². The van der Waals surface area contributed by atoms with Gasteiger partial charge in [-0.15, -0.1) is 0 Å². The van der Waals surface area contributed by atoms with Crippen molar-refractivity contribution >= 4 is 74.7 Å². The van der Waals surface area contributed by atoms with Crippen molar-refractivity contribution in [3.63, 3.8) is 0 Å². The van der Waals surface area contributed by atoms with E-state index < -0.39 is 0 Å². The first kappa shape index (κ1) is 17.9. The number of hydrogen-bond donors (Lipinski definition) is 0. The summed E-state index contributed by atoms with van der Waals surface area (Å²) in [6.07, 6.45) is 0.228. The van der Waals surface area contributed by atoms with E-state index in [1.165, 1.54) is 11.8 Å². The molecule has 1 aromatic rings. The van der Waals surface area contributed by atoms with E-state index in [0.717, 1.165) is 13.1 Å². The highest BCUT2D eigenvalue weighted by Crippen LogP contribution is 2.42. The fourth-order valence-corrected chi connectivity index (χ4v) is 4.33. The number of thioether (sulfide) groups is 1. The summed E-state index contributed by atoms with van der Waals surface area (Å²) in [5.74, 6) is 0. The van der Waals surface area contributed by atoms with Gasteiger partial charge >= 0.3 is 0 Å². The molecule has 2 atom stereocenters. The van der Waals surface area contributed by atoms with Gasteiger partial charge in [0.2, 0.25) is 0 Å². The first-order chi connectivity index (χ1) is 9.79. The molecule has 3 nitrogen and oxygen atoms in total. The second kappa shape index (κ2) is 7.39. The molecule has 116 valence electrons. The third kappa shape index (κ3) is 4.28. The molecule has 2 rings (SSSR count). The van der Waals surface area contributed by atoms with Crippen LogP contribution in [0.5, 0.6) is 0 Å². The van der Waals surface area contributed by atoms with Crippen LogP contribution in [0.3, 0.4) is 0 Å². The Bertz CT molecular complexity index is 536. The highest BCUT2D eigenvalue weighted by Gasteiger charge is 2.26. The highest BCUT2D eigenvalue weighted by molar-refractivity contribution is 8.23. The number of halogens is 4. The van der Waals surface area contributed by atoms with Gasteiger partial charge in [-0.1, -0.05) is 70.4 Å². The van der Waals surface area contributed by atoms with Crippen LogP contribution >= 0.6 is 70.4 Å². The predicted octanol–water partition coefficient (Wildman–Crippen LogP) is 5.18. The van der Waals surface area contributed by atoms with Crippen molar-refractivity contribution in [3.05, 3.63) is 20.4 Å². The SMILES string of the molecule is CC1CN(C(=S)Sc2c(Cl)c(Cl)nc(Cl)c2Cl)CC(C)O1. The molecular weight excluding hydrogens is 394 g/mol. The zero-order chi connectivity index (χ0) is 15.7. The largest absolute Gasteiger partial charge is 0.372 e. The molecule has 1 saturated heterocycles. The van der Waals surface area contributed by atoms with E-state index in [1.807, 2.05) is 13.8 Å². The lowest BCUT2D eigenvalue weighted by molar-refractivity contribution is -0.0465. The smallest absolute Gasteiger partial charge is 0.150 e. The second-order valence-corrected chi connectivity index (χ2v) is 7.80. The lowest BCUT2D eigenvalue weighted by Gasteiger charge is -2.36. The van der Waals surface area contributed by atoms with Crippen molar-refractivity contribution in [1.29, 1.82) is 0 Å². The van der Waals surface area contributed by atoms with Crippen LogP contribution in [0.4, 0.5) is 0 Å². The molecule has 1 aliphatic rings. The topological polar surface area (TPSA) is 25.4 Å². The van der Waals surface area contributed by atoms with E-state index in [2.05, 4.69) is 9.88 Å². The summed E-state index contributed by atoms with van der Waals surface area (Å²) in [5, 5.41) is 0.737. The lowest BCUT2D eigenvalue weighted by atomic mass is 10.2. The van der Waals surface area contributed by atoms with Gasteiger partial charge in [0.25, 0.3) is 0 Å². The Morgan fingerprint density at radius 1 is 1.14 bits per heavy atom. The van der Waals surface area contributed by atoms with Gasteiger partial charge in [-0.05, 0) is 13.8 Å². The van der Waals surface area contributed by atoms with Crippen LogP contribution in [0, 0.1) is 0 Å². The minimum Gasteiger partial charge on any atom is -0.372 e. The summed E-state index contributed by atoms with van der Waals surface area (Å²) < 4.78 is 6.34. The molecule has 0 amide bonds. The zero-order valence-corrected chi connectivity index (χ0v) is 15.9. The highest BCUT2D eigenvalue weighted by atomic mass is 35.5. The maximum Gasteiger partial charge on any atom is 0.150 e. The molecule has 1 fully saturated rings. The van der Waals surface area contributed by atoms with E-state index in [-0.39, 0.29) is 32.6 Å². The van der Waals surface area contributed by atoms with Crippen molar-refractivity contribution in [2.45, 2.75) is 31.0 Å². The van der Waals surface area contributed by atoms with Gasteiger partial charge in [0.15, 0.2) is 10.3 Å². The quantitative estimate of drug-likeness (QED) is 0.364. The van der Waals surface area contributed by atoms with Crippen molar-refractivity contribution < 1.29 is 4.74 Å². The second-order valence-electron chi connectivity index (χ2n) is 4.68. The fourth-order valence-electron chi connectivity index (χ4n) is 2.04. The third-order valence-corrected chi connectivity index (χ3v) is 6.08. The Morgan fingerprint density at radius 2 is 1.62 bits per heavy atom. The summed E-state index contributed by atoms with van der Waals surface area (Å²) in [6, 6.07) is 0. The summed E-state index contributed by atoms with van der Waals surface area (Å²) in [6.45, 7) is 5.46. The van der Waals surface area contributed by atoms with Gasteiger partial charge in [0.1, 0.15) is 4.32 Å². The average molecular weight is 406 g/mol. The number of pyridine rings is 1. The molecular formula is C12H12Cl4N2OS2. The number of aromatic nitrogens is 1. The minimum atomic E-state index is 0.111. The molecule has 1 aliphatic heterocycles. The molecule has 0 bridgehead atoms. The van der Waals surface area contributed by atoms with Crippen LogP contribution in [-0.4, -0.2) is 39.5 Å². The van der Waals surface area contributed by atoms with E-state index >= 15 is 0 Å². The number of thiocarbonyl (C=S) groups is 1. The maximum absolute atomic E-state index is 6.15. The van der Waals surface area contributed by atoms with Gasteiger partial charge in [0, 0.05) is 13.1 Å². The van der Waals surface area contributed by atoms with Gasteiger partial charge < -0.3 is 9.64 Å². The molecule has 0 N–H and O–H groups in total. The van der Waals surface area contributed by atoms with Crippen LogP contribution in [0.15, 0.2) is 4.90 Å². The summed E-state index contributed by atoms with van der Waals surface area (Å²) in [7, 11) is 0. The molecule has 21 heavy (non-hydrogen) atoms. The van der Waals surface area contributed by atoms with Gasteiger partial charge in [0.05, 0.1) is 27.1 Å². The molecule has 0 saturated carbocycles. The third-order valence-electron chi connectivity index (χ3n) is 2.82. The molecule has 0 aromatic carbocycles. The Kier molecular flexibility index (Phi) is 6.28. The number of ether oxygens (including phenoxy) is 1. The Labute approximate surface area is 153 Å². The molecule has 1 aromatic heterocycles. The normalized spacial score (nSPS) is 22.5. The van der Waals surface area contributed by atoms with Crippen molar-refractivity contribution in [2.24, 2.45) is 0 Å². The van der Waals surface area contributed by atoms with Crippen molar-refractivity contribution in [3.8, 4) is 0 Å². The zero-order valence-electron chi connectivity index (χ0n) is 11.2. The Hall–Kier alpha value is 0.510. The Morgan fingerprint density at radius 3 is 2.10 bits per heavy atom. The lowest BCUT2D eigenvalue weighted by Crippen LogP contribution is -2.46. The first-order valence-electron chi connectivity index (χ1n) is 6.11. The number of nitrogens with zero attached hydrogens (tertiary/aromatic N) is 2. The van der Waals surface area contributed by atoms with Gasteiger partial charge in [-0.25, -0.2) is 4.98 Å². The van der Waals surface area contributed by atoms with Crippen LogP contribution in [0.25, 0.3) is 0 Å². The molecule has 9 heteroatoms. The van der Waals surface area contributed by atoms with Crippen molar-refractivity contribution in [1.82, 2.24) is 9.88 Å². The van der Waals surface area contributed by atoms with E-state index in [1.54, 1.807) is 0 Å². The van der Waals surface area contributed by atoms with E-state index in [4.69, 9.17) is 63.4 Å². The predicted molar refractivity (Wildman–Crippen MR) is 94.3 cm³/mol.